The highest BCUT2D eigenvalue weighted by molar-refractivity contribution is 5.74. The van der Waals surface area contributed by atoms with Gasteiger partial charge in [-0.3, -0.25) is 9.69 Å². The van der Waals surface area contributed by atoms with Crippen molar-refractivity contribution in [2.24, 2.45) is 5.41 Å². The van der Waals surface area contributed by atoms with Crippen molar-refractivity contribution in [3.63, 3.8) is 0 Å². The molecule has 0 spiro atoms. The minimum absolute atomic E-state index is 0.506. The van der Waals surface area contributed by atoms with E-state index in [1.807, 2.05) is 19.1 Å². The molecule has 1 N–H and O–H groups in total. The number of carboxylic acids is 1. The number of aliphatic carboxylic acids is 1. The third-order valence-corrected chi connectivity index (χ3v) is 4.39. The number of piperidine rings is 1. The van der Waals surface area contributed by atoms with Crippen LogP contribution in [0.25, 0.3) is 0 Å². The van der Waals surface area contributed by atoms with E-state index in [-0.39, 0.29) is 0 Å². The van der Waals surface area contributed by atoms with Gasteiger partial charge >= 0.3 is 5.97 Å². The Balaban J connectivity index is 1.91. The molecule has 0 aliphatic carbocycles. The molecule has 1 aliphatic rings. The molecule has 19 heavy (non-hydrogen) atoms. The van der Waals surface area contributed by atoms with Crippen LogP contribution in [0.2, 0.25) is 0 Å². The minimum atomic E-state index is -0.638. The molecule has 0 saturated carbocycles. The highest BCUT2D eigenvalue weighted by Crippen LogP contribution is 2.35. The standard InChI is InChI=1S/C15H23NO3/c1-3-12-5-6-13(19-12)11-16-9-7-15(4-2,8-10-16)14(17)18/h5-6H,3-4,7-11H2,1-2H3,(H,17,18). The van der Waals surface area contributed by atoms with Crippen LogP contribution in [0.1, 0.15) is 44.6 Å². The van der Waals surface area contributed by atoms with Gasteiger partial charge in [0, 0.05) is 6.42 Å². The molecule has 1 fully saturated rings. The van der Waals surface area contributed by atoms with Gasteiger partial charge in [-0.25, -0.2) is 0 Å². The zero-order valence-electron chi connectivity index (χ0n) is 11.8. The second-order valence-corrected chi connectivity index (χ2v) is 5.44. The van der Waals surface area contributed by atoms with E-state index in [1.54, 1.807) is 0 Å². The Morgan fingerprint density at radius 3 is 2.42 bits per heavy atom. The predicted molar refractivity (Wildman–Crippen MR) is 73.0 cm³/mol. The van der Waals surface area contributed by atoms with Gasteiger partial charge in [-0.15, -0.1) is 0 Å². The molecule has 0 atom stereocenters. The largest absolute Gasteiger partial charge is 0.481 e. The van der Waals surface area contributed by atoms with Crippen molar-refractivity contribution in [2.75, 3.05) is 13.1 Å². The summed E-state index contributed by atoms with van der Waals surface area (Å²) in [5, 5.41) is 9.36. The Hall–Kier alpha value is -1.29. The molecule has 0 aromatic carbocycles. The highest BCUT2D eigenvalue weighted by Gasteiger charge is 2.39. The van der Waals surface area contributed by atoms with Gasteiger partial charge < -0.3 is 9.52 Å². The van der Waals surface area contributed by atoms with Gasteiger partial charge in [-0.05, 0) is 44.5 Å². The topological polar surface area (TPSA) is 53.7 Å². The molecule has 4 heteroatoms. The zero-order valence-corrected chi connectivity index (χ0v) is 11.8. The summed E-state index contributed by atoms with van der Waals surface area (Å²) in [5.41, 5.74) is -0.506. The first kappa shape index (κ1) is 14.1. The van der Waals surface area contributed by atoms with E-state index < -0.39 is 11.4 Å². The van der Waals surface area contributed by atoms with Crippen molar-refractivity contribution in [1.82, 2.24) is 4.90 Å². The van der Waals surface area contributed by atoms with E-state index in [2.05, 4.69) is 11.8 Å². The number of nitrogens with zero attached hydrogens (tertiary/aromatic N) is 1. The molecule has 106 valence electrons. The van der Waals surface area contributed by atoms with E-state index >= 15 is 0 Å². The minimum Gasteiger partial charge on any atom is -0.481 e. The molecule has 0 radical (unpaired) electrons. The van der Waals surface area contributed by atoms with Gasteiger partial charge in [-0.2, -0.15) is 0 Å². The van der Waals surface area contributed by atoms with Crippen molar-refractivity contribution in [3.05, 3.63) is 23.7 Å². The Morgan fingerprint density at radius 1 is 1.32 bits per heavy atom. The number of likely N-dealkylation sites (tertiary alicyclic amines) is 1. The number of rotatable bonds is 5. The first-order valence-electron chi connectivity index (χ1n) is 7.13. The van der Waals surface area contributed by atoms with Crippen molar-refractivity contribution >= 4 is 5.97 Å². The molecule has 4 nitrogen and oxygen atoms in total. The number of carbonyl (C=O) groups is 1. The van der Waals surface area contributed by atoms with E-state index in [0.717, 1.165) is 56.8 Å². The molecule has 1 aliphatic heterocycles. The highest BCUT2D eigenvalue weighted by atomic mass is 16.4. The fourth-order valence-corrected chi connectivity index (χ4v) is 2.78. The molecule has 2 rings (SSSR count). The fourth-order valence-electron chi connectivity index (χ4n) is 2.78. The van der Waals surface area contributed by atoms with Crippen molar-refractivity contribution in [1.29, 1.82) is 0 Å². The summed E-state index contributed by atoms with van der Waals surface area (Å²) in [6, 6.07) is 4.05. The lowest BCUT2D eigenvalue weighted by atomic mass is 9.76. The maximum Gasteiger partial charge on any atom is 0.309 e. The van der Waals surface area contributed by atoms with Crippen LogP contribution in [0.15, 0.2) is 16.5 Å². The van der Waals surface area contributed by atoms with E-state index in [1.165, 1.54) is 0 Å². The summed E-state index contributed by atoms with van der Waals surface area (Å²) >= 11 is 0. The Morgan fingerprint density at radius 2 is 1.95 bits per heavy atom. The zero-order chi connectivity index (χ0) is 13.9. The van der Waals surface area contributed by atoms with E-state index in [4.69, 9.17) is 4.42 Å². The molecule has 0 amide bonds. The van der Waals surface area contributed by atoms with Crippen LogP contribution in [-0.2, 0) is 17.8 Å². The molecule has 1 aromatic heterocycles. The summed E-state index contributed by atoms with van der Waals surface area (Å²) in [6.07, 6.45) is 3.11. The first-order valence-corrected chi connectivity index (χ1v) is 7.13. The molecule has 2 heterocycles. The summed E-state index contributed by atoms with van der Waals surface area (Å²) < 4.78 is 5.70. The van der Waals surface area contributed by atoms with Crippen LogP contribution in [0.4, 0.5) is 0 Å². The van der Waals surface area contributed by atoms with Crippen LogP contribution >= 0.6 is 0 Å². The molecule has 0 bridgehead atoms. The van der Waals surface area contributed by atoms with Crippen LogP contribution in [0.5, 0.6) is 0 Å². The summed E-state index contributed by atoms with van der Waals surface area (Å²) in [7, 11) is 0. The SMILES string of the molecule is CCc1ccc(CN2CCC(CC)(C(=O)O)CC2)o1. The van der Waals surface area contributed by atoms with E-state index in [9.17, 15) is 9.90 Å². The molecule has 1 aromatic rings. The van der Waals surface area contributed by atoms with Crippen LogP contribution in [0, 0.1) is 5.41 Å². The van der Waals surface area contributed by atoms with Crippen molar-refractivity contribution in [3.8, 4) is 0 Å². The van der Waals surface area contributed by atoms with Gasteiger partial charge in [-0.1, -0.05) is 13.8 Å². The quantitative estimate of drug-likeness (QED) is 0.889. The first-order chi connectivity index (χ1) is 9.09. The third-order valence-electron chi connectivity index (χ3n) is 4.39. The third kappa shape index (κ3) is 3.00. The maximum atomic E-state index is 11.4. The number of hydrogen-bond donors (Lipinski definition) is 1. The van der Waals surface area contributed by atoms with Gasteiger partial charge in [0.05, 0.1) is 12.0 Å². The molecular formula is C15H23NO3. The average Bonchev–Trinajstić information content (AvgIpc) is 2.87. The van der Waals surface area contributed by atoms with Crippen LogP contribution < -0.4 is 0 Å². The van der Waals surface area contributed by atoms with E-state index in [0.29, 0.717) is 0 Å². The Labute approximate surface area is 114 Å². The fraction of sp³-hybridized carbons (Fsp3) is 0.667. The van der Waals surface area contributed by atoms with Crippen LogP contribution in [-0.4, -0.2) is 29.1 Å². The smallest absolute Gasteiger partial charge is 0.309 e. The maximum absolute atomic E-state index is 11.4. The summed E-state index contributed by atoms with van der Waals surface area (Å²) in [5.74, 6) is 1.36. The summed E-state index contributed by atoms with van der Waals surface area (Å²) in [6.45, 7) is 6.51. The molecule has 1 saturated heterocycles. The normalized spacial score (nSPS) is 19.5. The lowest BCUT2D eigenvalue weighted by Crippen LogP contribution is -2.43. The molecule has 0 unspecified atom stereocenters. The van der Waals surface area contributed by atoms with Gasteiger partial charge in [0.2, 0.25) is 0 Å². The lowest BCUT2D eigenvalue weighted by Gasteiger charge is -2.37. The van der Waals surface area contributed by atoms with Gasteiger partial charge in [0.25, 0.3) is 0 Å². The van der Waals surface area contributed by atoms with Crippen LogP contribution in [0.3, 0.4) is 0 Å². The lowest BCUT2D eigenvalue weighted by molar-refractivity contribution is -0.152. The average molecular weight is 265 g/mol. The Kier molecular flexibility index (Phi) is 4.30. The number of aryl methyl sites for hydroxylation is 1. The number of furan rings is 1. The molecular weight excluding hydrogens is 242 g/mol. The van der Waals surface area contributed by atoms with Gasteiger partial charge in [0.1, 0.15) is 11.5 Å². The van der Waals surface area contributed by atoms with Gasteiger partial charge in [0.15, 0.2) is 0 Å². The Bertz CT molecular complexity index is 430. The monoisotopic (exact) mass is 265 g/mol. The van der Waals surface area contributed by atoms with Crippen molar-refractivity contribution < 1.29 is 14.3 Å². The second kappa shape index (κ2) is 5.78. The number of carboxylic acid groups (broad SMARTS) is 1. The number of hydrogen-bond acceptors (Lipinski definition) is 3. The van der Waals surface area contributed by atoms with Crippen molar-refractivity contribution in [2.45, 2.75) is 46.1 Å². The second-order valence-electron chi connectivity index (χ2n) is 5.44. The summed E-state index contributed by atoms with van der Waals surface area (Å²) in [4.78, 5) is 13.7. The predicted octanol–water partition coefficient (Wildman–Crippen LogP) is 2.92.